The molecular formula is C10H17N3. The summed E-state index contributed by atoms with van der Waals surface area (Å²) in [6.45, 7) is 3.09. The Hall–Kier alpha value is -0.830. The lowest BCUT2D eigenvalue weighted by atomic mass is 9.92. The van der Waals surface area contributed by atoms with Crippen LogP contribution in [0.2, 0.25) is 0 Å². The van der Waals surface area contributed by atoms with Gasteiger partial charge in [-0.15, -0.1) is 0 Å². The Morgan fingerprint density at radius 3 is 3.15 bits per heavy atom. The van der Waals surface area contributed by atoms with Crippen molar-refractivity contribution in [1.82, 2.24) is 9.78 Å². The molecule has 1 aromatic rings. The minimum atomic E-state index is 0.647. The number of nitrogens with zero attached hydrogens (tertiary/aromatic N) is 2. The number of hydrogen-bond donors (Lipinski definition) is 1. The summed E-state index contributed by atoms with van der Waals surface area (Å²) in [4.78, 5) is 0. The van der Waals surface area contributed by atoms with Gasteiger partial charge in [-0.05, 0) is 36.8 Å². The smallest absolute Gasteiger partial charge is 0.0527 e. The van der Waals surface area contributed by atoms with Crippen LogP contribution in [-0.4, -0.2) is 16.3 Å². The third-order valence-corrected chi connectivity index (χ3v) is 3.17. The van der Waals surface area contributed by atoms with E-state index in [9.17, 15) is 0 Å². The van der Waals surface area contributed by atoms with Gasteiger partial charge in [0.15, 0.2) is 0 Å². The standard InChI is InChI=1S/C10H17N3/c1-7-5-10-9(6-12-13(10)2)8(7)3-4-11/h6-8H,3-5,11H2,1-2H3. The van der Waals surface area contributed by atoms with Gasteiger partial charge >= 0.3 is 0 Å². The van der Waals surface area contributed by atoms with E-state index in [2.05, 4.69) is 12.0 Å². The van der Waals surface area contributed by atoms with Gasteiger partial charge in [0.2, 0.25) is 0 Å². The quantitative estimate of drug-likeness (QED) is 0.737. The fraction of sp³-hybridized carbons (Fsp3) is 0.700. The van der Waals surface area contributed by atoms with Crippen LogP contribution in [0.15, 0.2) is 6.20 Å². The van der Waals surface area contributed by atoms with Crippen LogP contribution in [0.25, 0.3) is 0 Å². The first-order valence-corrected chi connectivity index (χ1v) is 4.95. The number of aryl methyl sites for hydroxylation is 1. The van der Waals surface area contributed by atoms with E-state index in [1.165, 1.54) is 11.3 Å². The summed E-state index contributed by atoms with van der Waals surface area (Å²) >= 11 is 0. The van der Waals surface area contributed by atoms with E-state index in [0.717, 1.165) is 25.3 Å². The molecule has 0 aliphatic heterocycles. The summed E-state index contributed by atoms with van der Waals surface area (Å²) in [6.07, 6.45) is 4.27. The van der Waals surface area contributed by atoms with E-state index >= 15 is 0 Å². The van der Waals surface area contributed by atoms with Gasteiger partial charge in [-0.2, -0.15) is 5.10 Å². The fourth-order valence-corrected chi connectivity index (χ4v) is 2.41. The first kappa shape index (κ1) is 8.75. The Bertz CT molecular complexity index is 303. The topological polar surface area (TPSA) is 43.8 Å². The zero-order valence-electron chi connectivity index (χ0n) is 8.33. The number of fused-ring (bicyclic) bond motifs is 1. The predicted molar refractivity (Wildman–Crippen MR) is 52.5 cm³/mol. The molecule has 0 radical (unpaired) electrons. The predicted octanol–water partition coefficient (Wildman–Crippen LogP) is 1.04. The van der Waals surface area contributed by atoms with E-state index in [1.54, 1.807) is 0 Å². The van der Waals surface area contributed by atoms with Crippen LogP contribution in [0.5, 0.6) is 0 Å². The molecule has 1 aliphatic carbocycles. The lowest BCUT2D eigenvalue weighted by Crippen LogP contribution is -2.10. The first-order chi connectivity index (χ1) is 6.24. The van der Waals surface area contributed by atoms with Crippen molar-refractivity contribution in [3.8, 4) is 0 Å². The number of hydrogen-bond acceptors (Lipinski definition) is 2. The Morgan fingerprint density at radius 1 is 1.69 bits per heavy atom. The molecule has 0 spiro atoms. The van der Waals surface area contributed by atoms with Crippen molar-refractivity contribution >= 4 is 0 Å². The van der Waals surface area contributed by atoms with Crippen molar-refractivity contribution in [1.29, 1.82) is 0 Å². The Labute approximate surface area is 78.9 Å². The number of rotatable bonds is 2. The maximum absolute atomic E-state index is 5.61. The molecule has 1 aromatic heterocycles. The fourth-order valence-electron chi connectivity index (χ4n) is 2.41. The summed E-state index contributed by atoms with van der Waals surface area (Å²) < 4.78 is 2.00. The Morgan fingerprint density at radius 2 is 2.46 bits per heavy atom. The van der Waals surface area contributed by atoms with Crippen LogP contribution in [-0.2, 0) is 13.5 Å². The van der Waals surface area contributed by atoms with Gasteiger partial charge in [0.25, 0.3) is 0 Å². The summed E-state index contributed by atoms with van der Waals surface area (Å²) in [5, 5.41) is 4.28. The zero-order valence-corrected chi connectivity index (χ0v) is 8.33. The summed E-state index contributed by atoms with van der Waals surface area (Å²) in [7, 11) is 2.02. The third kappa shape index (κ3) is 1.27. The summed E-state index contributed by atoms with van der Waals surface area (Å²) in [5.74, 6) is 1.39. The maximum atomic E-state index is 5.61. The molecule has 0 saturated heterocycles. The van der Waals surface area contributed by atoms with Crippen LogP contribution in [0.1, 0.15) is 30.5 Å². The van der Waals surface area contributed by atoms with Gasteiger partial charge in [-0.3, -0.25) is 4.68 Å². The average Bonchev–Trinajstić information content (AvgIpc) is 2.58. The maximum Gasteiger partial charge on any atom is 0.0527 e. The van der Waals surface area contributed by atoms with Gasteiger partial charge in [0.05, 0.1) is 6.20 Å². The van der Waals surface area contributed by atoms with E-state index in [-0.39, 0.29) is 0 Å². The van der Waals surface area contributed by atoms with Gasteiger partial charge < -0.3 is 5.73 Å². The Kier molecular flexibility index (Phi) is 2.12. The van der Waals surface area contributed by atoms with Crippen molar-refractivity contribution < 1.29 is 0 Å². The molecule has 0 aromatic carbocycles. The molecule has 2 N–H and O–H groups in total. The van der Waals surface area contributed by atoms with Gasteiger partial charge in [0.1, 0.15) is 0 Å². The van der Waals surface area contributed by atoms with Gasteiger partial charge in [0, 0.05) is 12.7 Å². The van der Waals surface area contributed by atoms with Crippen molar-refractivity contribution in [3.63, 3.8) is 0 Å². The van der Waals surface area contributed by atoms with Crippen molar-refractivity contribution in [2.45, 2.75) is 25.7 Å². The lowest BCUT2D eigenvalue weighted by Gasteiger charge is -2.13. The van der Waals surface area contributed by atoms with Crippen LogP contribution in [0.3, 0.4) is 0 Å². The van der Waals surface area contributed by atoms with Crippen LogP contribution in [0.4, 0.5) is 0 Å². The van der Waals surface area contributed by atoms with Crippen molar-refractivity contribution in [3.05, 3.63) is 17.5 Å². The minimum absolute atomic E-state index is 0.647. The van der Waals surface area contributed by atoms with Gasteiger partial charge in [-0.25, -0.2) is 0 Å². The molecule has 3 nitrogen and oxygen atoms in total. The van der Waals surface area contributed by atoms with Crippen LogP contribution in [0, 0.1) is 5.92 Å². The normalized spacial score (nSPS) is 26.4. The van der Waals surface area contributed by atoms with Crippen molar-refractivity contribution in [2.24, 2.45) is 18.7 Å². The van der Waals surface area contributed by atoms with E-state index < -0.39 is 0 Å². The molecule has 2 atom stereocenters. The highest BCUT2D eigenvalue weighted by atomic mass is 15.3. The summed E-state index contributed by atoms with van der Waals surface area (Å²) in [5.41, 5.74) is 8.45. The Balaban J connectivity index is 2.30. The zero-order chi connectivity index (χ0) is 9.42. The van der Waals surface area contributed by atoms with Gasteiger partial charge in [-0.1, -0.05) is 6.92 Å². The highest BCUT2D eigenvalue weighted by Gasteiger charge is 2.31. The first-order valence-electron chi connectivity index (χ1n) is 4.95. The molecular weight excluding hydrogens is 162 g/mol. The van der Waals surface area contributed by atoms with Crippen LogP contribution < -0.4 is 5.73 Å². The second kappa shape index (κ2) is 3.14. The molecule has 1 heterocycles. The summed E-state index contributed by atoms with van der Waals surface area (Å²) in [6, 6.07) is 0. The average molecular weight is 179 g/mol. The molecule has 0 bridgehead atoms. The minimum Gasteiger partial charge on any atom is -0.330 e. The second-order valence-corrected chi connectivity index (χ2v) is 4.04. The molecule has 2 rings (SSSR count). The molecule has 0 amide bonds. The van der Waals surface area contributed by atoms with E-state index in [0.29, 0.717) is 5.92 Å². The SMILES string of the molecule is CC1Cc2c(cnn2C)C1CCN. The molecule has 2 unspecified atom stereocenters. The molecule has 0 saturated carbocycles. The molecule has 0 fully saturated rings. The lowest BCUT2D eigenvalue weighted by molar-refractivity contribution is 0.467. The highest BCUT2D eigenvalue weighted by molar-refractivity contribution is 5.29. The molecule has 72 valence electrons. The van der Waals surface area contributed by atoms with E-state index in [4.69, 9.17) is 5.73 Å². The largest absolute Gasteiger partial charge is 0.330 e. The number of nitrogens with two attached hydrogens (primary N) is 1. The molecule has 3 heteroatoms. The van der Waals surface area contributed by atoms with E-state index in [1.807, 2.05) is 17.9 Å². The highest BCUT2D eigenvalue weighted by Crippen LogP contribution is 2.39. The van der Waals surface area contributed by atoms with Crippen molar-refractivity contribution in [2.75, 3.05) is 6.54 Å². The monoisotopic (exact) mass is 179 g/mol. The van der Waals surface area contributed by atoms with Crippen LogP contribution >= 0.6 is 0 Å². The number of aromatic nitrogens is 2. The third-order valence-electron chi connectivity index (χ3n) is 3.17. The molecule has 1 aliphatic rings. The molecule has 13 heavy (non-hydrogen) atoms. The second-order valence-electron chi connectivity index (χ2n) is 4.04.